The summed E-state index contributed by atoms with van der Waals surface area (Å²) in [6.07, 6.45) is -4.79. The van der Waals surface area contributed by atoms with Crippen molar-refractivity contribution in [1.82, 2.24) is 30.2 Å². The van der Waals surface area contributed by atoms with Crippen LogP contribution in [0.15, 0.2) is 52.4 Å². The number of carbonyl (C=O) groups excluding carboxylic acids is 1. The van der Waals surface area contributed by atoms with E-state index in [4.69, 9.17) is 0 Å². The van der Waals surface area contributed by atoms with Crippen LogP contribution >= 0.6 is 11.8 Å². The average Bonchev–Trinajstić information content (AvgIpc) is 3.25. The molecule has 4 aromatic rings. The van der Waals surface area contributed by atoms with Crippen LogP contribution in [0.2, 0.25) is 0 Å². The van der Waals surface area contributed by atoms with Gasteiger partial charge in [-0.3, -0.25) is 4.79 Å². The molecule has 0 atom stereocenters. The van der Waals surface area contributed by atoms with E-state index in [0.29, 0.717) is 27.6 Å². The zero-order valence-electron chi connectivity index (χ0n) is 16.7. The summed E-state index contributed by atoms with van der Waals surface area (Å²) in [7, 11) is 1.25. The highest BCUT2D eigenvalue weighted by molar-refractivity contribution is 7.98. The number of esters is 1. The molecule has 1 N–H and O–H groups in total. The molecule has 0 fully saturated rings. The summed E-state index contributed by atoms with van der Waals surface area (Å²) in [5.41, 5.74) is 0.590. The zero-order chi connectivity index (χ0) is 23.6. The first-order chi connectivity index (χ1) is 15.7. The molecule has 10 nitrogen and oxygen atoms in total. The van der Waals surface area contributed by atoms with Crippen LogP contribution in [0.1, 0.15) is 16.2 Å². The van der Waals surface area contributed by atoms with Crippen LogP contribution in [-0.4, -0.2) is 49.6 Å². The number of benzene rings is 2. The van der Waals surface area contributed by atoms with Crippen LogP contribution in [0, 0.1) is 0 Å². The van der Waals surface area contributed by atoms with Crippen LogP contribution in [0.25, 0.3) is 16.6 Å². The predicted molar refractivity (Wildman–Crippen MR) is 109 cm³/mol. The zero-order valence-corrected chi connectivity index (χ0v) is 17.5. The summed E-state index contributed by atoms with van der Waals surface area (Å²) in [5, 5.41) is 11.9. The summed E-state index contributed by atoms with van der Waals surface area (Å²) < 4.78 is 46.8. The lowest BCUT2D eigenvalue weighted by atomic mass is 10.1. The molecule has 0 aliphatic heterocycles. The molecule has 2 heterocycles. The summed E-state index contributed by atoms with van der Waals surface area (Å²) in [5.74, 6) is -0.454. The highest BCUT2D eigenvalue weighted by atomic mass is 32.2. The lowest BCUT2D eigenvalue weighted by molar-refractivity contribution is -0.274. The maximum atomic E-state index is 12.4. The van der Waals surface area contributed by atoms with Gasteiger partial charge in [-0.25, -0.2) is 9.78 Å². The number of H-pyrrole nitrogens is 1. The predicted octanol–water partition coefficient (Wildman–Crippen LogP) is 2.88. The van der Waals surface area contributed by atoms with Gasteiger partial charge < -0.3 is 14.5 Å². The number of tetrazole rings is 1. The van der Waals surface area contributed by atoms with Crippen molar-refractivity contribution in [1.29, 1.82) is 0 Å². The van der Waals surface area contributed by atoms with Gasteiger partial charge in [0.2, 0.25) is 5.16 Å². The Balaban J connectivity index is 1.54. The fourth-order valence-corrected chi connectivity index (χ4v) is 3.61. The first kappa shape index (κ1) is 22.3. The molecule has 2 aromatic heterocycles. The summed E-state index contributed by atoms with van der Waals surface area (Å²) in [6.45, 7) is 0. The molecule has 0 saturated heterocycles. The molecule has 0 radical (unpaired) electrons. The van der Waals surface area contributed by atoms with Crippen LogP contribution in [0.3, 0.4) is 0 Å². The number of aromatic amines is 1. The SMILES string of the molecule is COC(=O)c1ccc2c(=O)[nH]c(CSc3nnnn3-c3ccc(OC(F)(F)F)cc3)nc2c1. The minimum Gasteiger partial charge on any atom is -0.465 e. The van der Waals surface area contributed by atoms with Gasteiger partial charge in [0, 0.05) is 0 Å². The standard InChI is InChI=1S/C19H13F3N6O4S/c1-31-17(30)10-2-7-13-14(8-10)23-15(24-16(13)29)9-33-18-25-26-27-28(18)11-3-5-12(6-4-11)32-19(20,21)22/h2-8H,9H2,1H3,(H,23,24,29). The molecule has 0 unspecified atom stereocenters. The van der Waals surface area contributed by atoms with Gasteiger partial charge >= 0.3 is 12.3 Å². The first-order valence-electron chi connectivity index (χ1n) is 9.12. The Morgan fingerprint density at radius 3 is 2.64 bits per heavy atom. The highest BCUT2D eigenvalue weighted by Crippen LogP contribution is 2.26. The van der Waals surface area contributed by atoms with Gasteiger partial charge in [-0.15, -0.1) is 18.3 Å². The second-order valence-corrected chi connectivity index (χ2v) is 7.38. The molecule has 4 rings (SSSR count). The normalized spacial score (nSPS) is 11.5. The molecule has 33 heavy (non-hydrogen) atoms. The van der Waals surface area contributed by atoms with Crippen molar-refractivity contribution in [3.8, 4) is 11.4 Å². The first-order valence-corrected chi connectivity index (χ1v) is 10.1. The van der Waals surface area contributed by atoms with Gasteiger partial charge in [-0.2, -0.15) is 4.68 Å². The van der Waals surface area contributed by atoms with E-state index >= 15 is 0 Å². The third-order valence-corrected chi connectivity index (χ3v) is 5.20. The fourth-order valence-electron chi connectivity index (χ4n) is 2.85. The maximum absolute atomic E-state index is 12.4. The number of alkyl halides is 3. The van der Waals surface area contributed by atoms with E-state index < -0.39 is 12.3 Å². The Labute approximate surface area is 186 Å². The Morgan fingerprint density at radius 1 is 1.18 bits per heavy atom. The van der Waals surface area contributed by atoms with Crippen molar-refractivity contribution in [2.45, 2.75) is 17.3 Å². The van der Waals surface area contributed by atoms with E-state index in [1.807, 2.05) is 0 Å². The van der Waals surface area contributed by atoms with Crippen molar-refractivity contribution in [2.75, 3.05) is 7.11 Å². The van der Waals surface area contributed by atoms with Gasteiger partial charge in [0.1, 0.15) is 11.6 Å². The molecule has 170 valence electrons. The number of methoxy groups -OCH3 is 1. The van der Waals surface area contributed by atoms with E-state index in [9.17, 15) is 22.8 Å². The number of nitrogens with zero attached hydrogens (tertiary/aromatic N) is 5. The van der Waals surface area contributed by atoms with Gasteiger partial charge in [0.15, 0.2) is 0 Å². The van der Waals surface area contributed by atoms with Crippen molar-refractivity contribution < 1.29 is 27.4 Å². The number of hydrogen-bond donors (Lipinski definition) is 1. The van der Waals surface area contributed by atoms with Crippen LogP contribution < -0.4 is 10.3 Å². The molecule has 0 saturated carbocycles. The number of carbonyl (C=O) groups is 1. The fraction of sp³-hybridized carbons (Fsp3) is 0.158. The highest BCUT2D eigenvalue weighted by Gasteiger charge is 2.31. The van der Waals surface area contributed by atoms with Gasteiger partial charge in [-0.05, 0) is 52.9 Å². The number of ether oxygens (including phenoxy) is 2. The maximum Gasteiger partial charge on any atom is 0.573 e. The molecular weight excluding hydrogens is 465 g/mol. The molecule has 0 aliphatic carbocycles. The minimum atomic E-state index is -4.79. The van der Waals surface area contributed by atoms with Crippen LogP contribution in [0.5, 0.6) is 5.75 Å². The van der Waals surface area contributed by atoms with Crippen molar-refractivity contribution >= 4 is 28.6 Å². The van der Waals surface area contributed by atoms with Gasteiger partial charge in [0.25, 0.3) is 5.56 Å². The molecular formula is C19H13F3N6O4S. The Morgan fingerprint density at radius 2 is 1.94 bits per heavy atom. The molecule has 0 aliphatic rings. The van der Waals surface area contributed by atoms with E-state index in [1.165, 1.54) is 42.1 Å². The quantitative estimate of drug-likeness (QED) is 0.329. The second-order valence-electron chi connectivity index (χ2n) is 6.44. The Bertz CT molecular complexity index is 1370. The van der Waals surface area contributed by atoms with Crippen molar-refractivity contribution in [2.24, 2.45) is 0 Å². The number of fused-ring (bicyclic) bond motifs is 1. The Kier molecular flexibility index (Phi) is 6.00. The number of thioether (sulfide) groups is 1. The third kappa shape index (κ3) is 5.11. The summed E-state index contributed by atoms with van der Waals surface area (Å²) >= 11 is 1.14. The lowest BCUT2D eigenvalue weighted by Crippen LogP contribution is -2.17. The van der Waals surface area contributed by atoms with Crippen molar-refractivity contribution in [3.05, 3.63) is 64.2 Å². The third-order valence-electron chi connectivity index (χ3n) is 4.27. The van der Waals surface area contributed by atoms with Crippen LogP contribution in [-0.2, 0) is 10.5 Å². The molecule has 2 aromatic carbocycles. The number of halogens is 3. The molecule has 0 amide bonds. The molecule has 0 spiro atoms. The van der Waals surface area contributed by atoms with Gasteiger partial charge in [-0.1, -0.05) is 11.8 Å². The van der Waals surface area contributed by atoms with E-state index in [2.05, 4.69) is 35.0 Å². The van der Waals surface area contributed by atoms with Crippen LogP contribution in [0.4, 0.5) is 13.2 Å². The van der Waals surface area contributed by atoms with E-state index in [-0.39, 0.29) is 22.6 Å². The smallest absolute Gasteiger partial charge is 0.465 e. The van der Waals surface area contributed by atoms with Crippen molar-refractivity contribution in [3.63, 3.8) is 0 Å². The summed E-state index contributed by atoms with van der Waals surface area (Å²) in [6, 6.07) is 9.42. The molecule has 14 heteroatoms. The summed E-state index contributed by atoms with van der Waals surface area (Å²) in [4.78, 5) is 31.1. The number of hydrogen-bond acceptors (Lipinski definition) is 9. The topological polar surface area (TPSA) is 125 Å². The second kappa shape index (κ2) is 8.90. The number of nitrogens with one attached hydrogen (secondary N) is 1. The molecule has 0 bridgehead atoms. The Hall–Kier alpha value is -3.94. The monoisotopic (exact) mass is 478 g/mol. The van der Waals surface area contributed by atoms with E-state index in [1.54, 1.807) is 0 Å². The lowest BCUT2D eigenvalue weighted by Gasteiger charge is -2.09. The number of aromatic nitrogens is 6. The largest absolute Gasteiger partial charge is 0.573 e. The minimum absolute atomic E-state index is 0.170. The average molecular weight is 478 g/mol. The number of rotatable bonds is 6. The van der Waals surface area contributed by atoms with E-state index in [0.717, 1.165) is 23.9 Å². The van der Waals surface area contributed by atoms with Gasteiger partial charge in [0.05, 0.1) is 35.0 Å².